The minimum absolute atomic E-state index is 0.221. The molecule has 2 N–H and O–H groups in total. The predicted molar refractivity (Wildman–Crippen MR) is 128 cm³/mol. The molecule has 0 bridgehead atoms. The number of nitrogens with one attached hydrogen (secondary N) is 2. The lowest BCUT2D eigenvalue weighted by molar-refractivity contribution is 0.154. The highest BCUT2D eigenvalue weighted by Crippen LogP contribution is 2.21. The van der Waals surface area contributed by atoms with Gasteiger partial charge in [-0.15, -0.1) is 0 Å². The fourth-order valence-electron chi connectivity index (χ4n) is 4.00. The summed E-state index contributed by atoms with van der Waals surface area (Å²) in [6.45, 7) is 9.51. The predicted octanol–water partition coefficient (Wildman–Crippen LogP) is 3.41. The molecule has 2 aromatic carbocycles. The van der Waals surface area contributed by atoms with Gasteiger partial charge in [0, 0.05) is 70.2 Å². The molecular formula is C25H32F2N6. The molecule has 1 aromatic heterocycles. The molecule has 176 valence electrons. The van der Waals surface area contributed by atoms with E-state index in [1.165, 1.54) is 27.9 Å². The van der Waals surface area contributed by atoms with E-state index in [2.05, 4.69) is 51.6 Å². The minimum Gasteiger partial charge on any atom is -0.364 e. The van der Waals surface area contributed by atoms with E-state index < -0.39 is 11.6 Å². The van der Waals surface area contributed by atoms with Gasteiger partial charge in [0.2, 0.25) is 0 Å². The van der Waals surface area contributed by atoms with Crippen molar-refractivity contribution in [2.24, 2.45) is 0 Å². The molecule has 0 radical (unpaired) electrons. The van der Waals surface area contributed by atoms with Gasteiger partial charge in [-0.3, -0.25) is 4.90 Å². The molecular weight excluding hydrogens is 422 g/mol. The molecule has 0 aliphatic carbocycles. The number of piperazine rings is 1. The lowest BCUT2D eigenvalue weighted by atomic mass is 10.1. The third kappa shape index (κ3) is 6.16. The van der Waals surface area contributed by atoms with E-state index in [0.717, 1.165) is 50.9 Å². The number of nitrogens with zero attached hydrogens (tertiary/aromatic N) is 4. The van der Waals surface area contributed by atoms with E-state index in [4.69, 9.17) is 0 Å². The van der Waals surface area contributed by atoms with Gasteiger partial charge in [-0.2, -0.15) is 5.10 Å². The molecule has 6 nitrogen and oxygen atoms in total. The standard InChI is InChI=1S/C25H32F2N6/c1-19-5-3-4-6-20(19)17-29-25-21(16-28-9-10-32-13-11-31(2)12-14-32)18-33(30-25)24-8-7-22(26)15-23(24)27/h3-8,15,18,28H,9-14,16-17H2,1-2H3,(H,29,30). The highest BCUT2D eigenvalue weighted by Gasteiger charge is 2.15. The first-order valence-corrected chi connectivity index (χ1v) is 11.4. The van der Waals surface area contributed by atoms with E-state index >= 15 is 0 Å². The molecule has 0 atom stereocenters. The number of aryl methyl sites for hydroxylation is 1. The third-order valence-electron chi connectivity index (χ3n) is 6.17. The molecule has 4 rings (SSSR count). The van der Waals surface area contributed by atoms with Crippen LogP contribution >= 0.6 is 0 Å². The second-order valence-electron chi connectivity index (χ2n) is 8.64. The number of likely N-dealkylation sites (N-methyl/N-ethyl adjacent to an activating group) is 1. The van der Waals surface area contributed by atoms with Gasteiger partial charge in [0.1, 0.15) is 11.5 Å². The van der Waals surface area contributed by atoms with Gasteiger partial charge in [0.15, 0.2) is 11.6 Å². The fourth-order valence-corrected chi connectivity index (χ4v) is 4.00. The van der Waals surface area contributed by atoms with Gasteiger partial charge in [-0.1, -0.05) is 24.3 Å². The molecule has 33 heavy (non-hydrogen) atoms. The molecule has 0 amide bonds. The van der Waals surface area contributed by atoms with Crippen molar-refractivity contribution in [1.29, 1.82) is 0 Å². The maximum atomic E-state index is 14.4. The lowest BCUT2D eigenvalue weighted by Crippen LogP contribution is -2.46. The Kier molecular flexibility index (Phi) is 7.69. The molecule has 0 saturated carbocycles. The summed E-state index contributed by atoms with van der Waals surface area (Å²) < 4.78 is 29.2. The van der Waals surface area contributed by atoms with Crippen LogP contribution in [0.4, 0.5) is 14.6 Å². The second kappa shape index (κ2) is 10.9. The van der Waals surface area contributed by atoms with Crippen LogP contribution in [0.25, 0.3) is 5.69 Å². The summed E-state index contributed by atoms with van der Waals surface area (Å²) in [5, 5.41) is 11.5. The minimum atomic E-state index is -0.641. The topological polar surface area (TPSA) is 48.4 Å². The largest absolute Gasteiger partial charge is 0.364 e. The monoisotopic (exact) mass is 454 g/mol. The molecule has 1 aliphatic heterocycles. The molecule has 3 aromatic rings. The van der Waals surface area contributed by atoms with Crippen LogP contribution in [0.2, 0.25) is 0 Å². The summed E-state index contributed by atoms with van der Waals surface area (Å²) in [5.74, 6) is -0.557. The number of halogens is 2. The first-order valence-electron chi connectivity index (χ1n) is 11.4. The first-order chi connectivity index (χ1) is 16.0. The van der Waals surface area contributed by atoms with Crippen molar-refractivity contribution in [3.63, 3.8) is 0 Å². The third-order valence-corrected chi connectivity index (χ3v) is 6.17. The van der Waals surface area contributed by atoms with E-state index in [9.17, 15) is 8.78 Å². The Labute approximate surface area is 194 Å². The van der Waals surface area contributed by atoms with Gasteiger partial charge in [-0.05, 0) is 37.2 Å². The Hall–Kier alpha value is -2.81. The second-order valence-corrected chi connectivity index (χ2v) is 8.64. The quantitative estimate of drug-likeness (QED) is 0.486. The molecule has 2 heterocycles. The van der Waals surface area contributed by atoms with Crippen molar-refractivity contribution >= 4 is 5.82 Å². The summed E-state index contributed by atoms with van der Waals surface area (Å²) in [5.41, 5.74) is 3.53. The fraction of sp³-hybridized carbons (Fsp3) is 0.400. The Bertz CT molecular complexity index is 1060. The average molecular weight is 455 g/mol. The van der Waals surface area contributed by atoms with Crippen LogP contribution in [0, 0.1) is 18.6 Å². The number of hydrogen-bond acceptors (Lipinski definition) is 5. The SMILES string of the molecule is Cc1ccccc1CNc1nn(-c2ccc(F)cc2F)cc1CNCCN1CCN(C)CC1. The van der Waals surface area contributed by atoms with Gasteiger partial charge < -0.3 is 15.5 Å². The van der Waals surface area contributed by atoms with Crippen LogP contribution in [0.15, 0.2) is 48.7 Å². The van der Waals surface area contributed by atoms with Gasteiger partial charge in [0.25, 0.3) is 0 Å². The number of benzene rings is 2. The molecule has 1 fully saturated rings. The van der Waals surface area contributed by atoms with Crippen LogP contribution in [0.5, 0.6) is 0 Å². The van der Waals surface area contributed by atoms with Gasteiger partial charge in [0.05, 0.1) is 0 Å². The summed E-state index contributed by atoms with van der Waals surface area (Å²) >= 11 is 0. The Morgan fingerprint density at radius 3 is 2.52 bits per heavy atom. The smallest absolute Gasteiger partial charge is 0.153 e. The number of rotatable bonds is 9. The normalized spacial score (nSPS) is 15.2. The van der Waals surface area contributed by atoms with E-state index in [1.807, 2.05) is 12.1 Å². The maximum Gasteiger partial charge on any atom is 0.153 e. The van der Waals surface area contributed by atoms with Gasteiger partial charge in [-0.25, -0.2) is 13.5 Å². The zero-order valence-corrected chi connectivity index (χ0v) is 19.3. The van der Waals surface area contributed by atoms with Crippen molar-refractivity contribution in [2.75, 3.05) is 51.6 Å². The average Bonchev–Trinajstić information content (AvgIpc) is 3.20. The van der Waals surface area contributed by atoms with Crippen LogP contribution in [-0.2, 0) is 13.1 Å². The molecule has 1 aliphatic rings. The van der Waals surface area contributed by atoms with Crippen molar-refractivity contribution in [3.8, 4) is 5.69 Å². The number of anilines is 1. The summed E-state index contributed by atoms with van der Waals surface area (Å²) in [6.07, 6.45) is 1.80. The molecule has 0 spiro atoms. The first kappa shape index (κ1) is 23.4. The van der Waals surface area contributed by atoms with Crippen LogP contribution in [-0.4, -0.2) is 65.9 Å². The zero-order chi connectivity index (χ0) is 23.2. The van der Waals surface area contributed by atoms with E-state index in [0.29, 0.717) is 18.9 Å². The number of hydrogen-bond donors (Lipinski definition) is 2. The lowest BCUT2D eigenvalue weighted by Gasteiger charge is -2.32. The van der Waals surface area contributed by atoms with Crippen molar-refractivity contribution in [3.05, 3.63) is 77.0 Å². The maximum absolute atomic E-state index is 14.4. The van der Waals surface area contributed by atoms with Gasteiger partial charge >= 0.3 is 0 Å². The molecule has 1 saturated heterocycles. The highest BCUT2D eigenvalue weighted by atomic mass is 19.1. The van der Waals surface area contributed by atoms with Crippen LogP contribution in [0.1, 0.15) is 16.7 Å². The zero-order valence-electron chi connectivity index (χ0n) is 19.3. The summed E-state index contributed by atoms with van der Waals surface area (Å²) in [4.78, 5) is 4.81. The highest BCUT2D eigenvalue weighted by molar-refractivity contribution is 5.47. The van der Waals surface area contributed by atoms with Crippen molar-refractivity contribution in [1.82, 2.24) is 24.9 Å². The summed E-state index contributed by atoms with van der Waals surface area (Å²) in [6, 6.07) is 11.7. The number of aromatic nitrogens is 2. The van der Waals surface area contributed by atoms with Crippen LogP contribution in [0.3, 0.4) is 0 Å². The van der Waals surface area contributed by atoms with Crippen LogP contribution < -0.4 is 10.6 Å². The summed E-state index contributed by atoms with van der Waals surface area (Å²) in [7, 11) is 2.16. The van der Waals surface area contributed by atoms with Crippen molar-refractivity contribution < 1.29 is 8.78 Å². The molecule has 0 unspecified atom stereocenters. The van der Waals surface area contributed by atoms with Crippen molar-refractivity contribution in [2.45, 2.75) is 20.0 Å². The van der Waals surface area contributed by atoms with E-state index in [-0.39, 0.29) is 5.69 Å². The Morgan fingerprint density at radius 2 is 1.76 bits per heavy atom. The molecule has 8 heteroatoms. The Balaban J connectivity index is 1.44. The van der Waals surface area contributed by atoms with E-state index in [1.54, 1.807) is 6.20 Å². The Morgan fingerprint density at radius 1 is 0.970 bits per heavy atom.